The molecule has 0 bridgehead atoms. The first-order chi connectivity index (χ1) is 11.7. The van der Waals surface area contributed by atoms with Gasteiger partial charge < -0.3 is 0 Å². The fourth-order valence-electron chi connectivity index (χ4n) is 1.78. The second-order valence-corrected chi connectivity index (χ2v) is 5.95. The zero-order valence-corrected chi connectivity index (χ0v) is 20.8. The third-order valence-electron chi connectivity index (χ3n) is 2.53. The third kappa shape index (κ3) is 5.23. The lowest BCUT2D eigenvalue weighted by atomic mass is 9.87. The molecule has 0 amide bonds. The highest BCUT2D eigenvalue weighted by Crippen LogP contribution is 2.27. The summed E-state index contributed by atoms with van der Waals surface area (Å²) < 4.78 is 0. The predicted octanol–water partition coefficient (Wildman–Crippen LogP) is 5.91. The maximum absolute atomic E-state index is 3.13. The Labute approximate surface area is 191 Å². The van der Waals surface area contributed by atoms with E-state index in [4.69, 9.17) is 0 Å². The maximum Gasteiger partial charge on any atom is 0.0594 e. The second kappa shape index (κ2) is 11.9. The van der Waals surface area contributed by atoms with Crippen molar-refractivity contribution >= 4 is 95.6 Å². The molecule has 0 atom stereocenters. The highest BCUT2D eigenvalue weighted by molar-refractivity contribution is 9.13. The Morgan fingerprint density at radius 3 is 0.500 bits per heavy atom. The van der Waals surface area contributed by atoms with Crippen LogP contribution in [0.1, 0.15) is 33.4 Å². The van der Waals surface area contributed by atoms with E-state index in [0.29, 0.717) is 33.4 Å². The van der Waals surface area contributed by atoms with Crippen LogP contribution in [-0.2, 0) is 0 Å². The van der Waals surface area contributed by atoms with E-state index >= 15 is 0 Å². The highest BCUT2D eigenvalue weighted by Gasteiger charge is 2.19. The lowest BCUT2D eigenvalue weighted by Gasteiger charge is -2.11. The van der Waals surface area contributed by atoms with E-state index in [-0.39, 0.29) is 0 Å². The van der Waals surface area contributed by atoms with Gasteiger partial charge in [-0.2, -0.15) is 0 Å². The van der Waals surface area contributed by atoms with Crippen LogP contribution in [0, 0.1) is 64.5 Å². The largest absolute Gasteiger partial charge is 0.0594 e. The van der Waals surface area contributed by atoms with Crippen molar-refractivity contribution < 1.29 is 0 Å². The van der Waals surface area contributed by atoms with E-state index in [9.17, 15) is 0 Å². The van der Waals surface area contributed by atoms with Crippen LogP contribution in [0.3, 0.4) is 0 Å². The first kappa shape index (κ1) is 21.5. The van der Waals surface area contributed by atoms with Gasteiger partial charge in [0.2, 0.25) is 0 Å². The molecule has 0 fully saturated rings. The summed E-state index contributed by atoms with van der Waals surface area (Å²) in [4.78, 5) is 16.2. The SMILES string of the molecule is BrC#Cc1c(C#CBr)c(C#CBr)c(C#CBr)c(C#CBr)c1C#CBr. The average Bonchev–Trinajstić information content (AvgIpc) is 2.57. The molecule has 0 nitrogen and oxygen atoms in total. The van der Waals surface area contributed by atoms with E-state index in [1.165, 1.54) is 0 Å². The molecule has 0 saturated carbocycles. The molecule has 24 heavy (non-hydrogen) atoms. The summed E-state index contributed by atoms with van der Waals surface area (Å²) in [5, 5.41) is 0. The minimum absolute atomic E-state index is 0.612. The Kier molecular flexibility index (Phi) is 10.7. The van der Waals surface area contributed by atoms with Crippen LogP contribution in [0.5, 0.6) is 0 Å². The molecule has 0 saturated heterocycles. The standard InChI is InChI=1S/C18Br6/c19-7-1-13-14(2-8-20)16(4-10-22)18(6-12-24)17(5-11-23)15(13)3-9-21. The minimum Gasteiger partial charge on any atom is -0.0518 e. The fraction of sp³-hybridized carbons (Fsp3) is 0. The molecule has 0 aromatic heterocycles. The van der Waals surface area contributed by atoms with Crippen LogP contribution in [0.2, 0.25) is 0 Å². The van der Waals surface area contributed by atoms with Gasteiger partial charge in [-0.1, -0.05) is 35.5 Å². The summed E-state index contributed by atoms with van der Waals surface area (Å²) in [6, 6.07) is 0. The minimum atomic E-state index is 0.612. The molecular weight excluding hydrogens is 696 g/mol. The van der Waals surface area contributed by atoms with Crippen molar-refractivity contribution in [3.8, 4) is 64.5 Å². The third-order valence-corrected chi connectivity index (χ3v) is 3.72. The summed E-state index contributed by atoms with van der Waals surface area (Å²) in [7, 11) is 0. The number of halogens is 6. The highest BCUT2D eigenvalue weighted by atomic mass is 79.9. The molecule has 0 unspecified atom stereocenters. The van der Waals surface area contributed by atoms with Gasteiger partial charge in [-0.25, -0.2) is 0 Å². The van der Waals surface area contributed by atoms with Crippen molar-refractivity contribution in [2.75, 3.05) is 0 Å². The van der Waals surface area contributed by atoms with Gasteiger partial charge in [-0.15, -0.1) is 0 Å². The van der Waals surface area contributed by atoms with Crippen molar-refractivity contribution in [3.63, 3.8) is 0 Å². The summed E-state index contributed by atoms with van der Waals surface area (Å²) in [5.74, 6) is 17.9. The van der Waals surface area contributed by atoms with E-state index in [1.54, 1.807) is 0 Å². The van der Waals surface area contributed by atoms with Crippen LogP contribution in [0.15, 0.2) is 0 Å². The fourth-order valence-corrected chi connectivity index (χ4v) is 2.97. The van der Waals surface area contributed by atoms with Gasteiger partial charge in [0.05, 0.1) is 33.4 Å². The maximum atomic E-state index is 3.13. The van der Waals surface area contributed by atoms with Gasteiger partial charge in [0.25, 0.3) is 0 Å². The van der Waals surface area contributed by atoms with Crippen LogP contribution in [-0.4, -0.2) is 0 Å². The van der Waals surface area contributed by atoms with Gasteiger partial charge in [0.15, 0.2) is 0 Å². The summed E-state index contributed by atoms with van der Waals surface area (Å²) in [6.45, 7) is 0. The van der Waals surface area contributed by atoms with Crippen LogP contribution in [0.25, 0.3) is 0 Å². The smallest absolute Gasteiger partial charge is 0.0518 e. The van der Waals surface area contributed by atoms with E-state index < -0.39 is 0 Å². The van der Waals surface area contributed by atoms with Crippen LogP contribution in [0.4, 0.5) is 0 Å². The van der Waals surface area contributed by atoms with Crippen molar-refractivity contribution in [2.45, 2.75) is 0 Å². The molecular formula is C18Br6. The average molecular weight is 696 g/mol. The van der Waals surface area contributed by atoms with Crippen LogP contribution < -0.4 is 0 Å². The summed E-state index contributed by atoms with van der Waals surface area (Å²) >= 11 is 18.8. The van der Waals surface area contributed by atoms with Crippen molar-refractivity contribution in [1.82, 2.24) is 0 Å². The Hall–Kier alpha value is -0.540. The molecule has 0 radical (unpaired) electrons. The summed E-state index contributed by atoms with van der Waals surface area (Å²) in [6.07, 6.45) is 0. The van der Waals surface area contributed by atoms with E-state index in [0.717, 1.165) is 0 Å². The Morgan fingerprint density at radius 2 is 0.417 bits per heavy atom. The van der Waals surface area contributed by atoms with E-state index in [1.807, 2.05) is 0 Å². The number of hydrogen-bond donors (Lipinski definition) is 0. The van der Waals surface area contributed by atoms with E-state index in [2.05, 4.69) is 160 Å². The zero-order valence-electron chi connectivity index (χ0n) is 11.3. The van der Waals surface area contributed by atoms with Gasteiger partial charge in [-0.3, -0.25) is 0 Å². The van der Waals surface area contributed by atoms with Crippen LogP contribution >= 0.6 is 95.6 Å². The lowest BCUT2D eigenvalue weighted by Crippen LogP contribution is -2.04. The van der Waals surface area contributed by atoms with Gasteiger partial charge in [0, 0.05) is 95.6 Å². The molecule has 0 aliphatic rings. The zero-order chi connectivity index (χ0) is 17.9. The quantitative estimate of drug-likeness (QED) is 0.297. The monoisotopic (exact) mass is 690 g/mol. The number of hydrogen-bond acceptors (Lipinski definition) is 0. The summed E-state index contributed by atoms with van der Waals surface area (Å²) in [5.41, 5.74) is 3.67. The van der Waals surface area contributed by atoms with Crippen molar-refractivity contribution in [3.05, 3.63) is 33.4 Å². The van der Waals surface area contributed by atoms with Crippen molar-refractivity contribution in [1.29, 1.82) is 0 Å². The molecule has 0 aliphatic heterocycles. The topological polar surface area (TPSA) is 0 Å². The molecule has 6 heteroatoms. The molecule has 114 valence electrons. The molecule has 0 heterocycles. The molecule has 1 aromatic rings. The first-order valence-corrected chi connectivity index (χ1v) is 10.4. The van der Waals surface area contributed by atoms with Gasteiger partial charge >= 0.3 is 0 Å². The molecule has 1 rings (SSSR count). The van der Waals surface area contributed by atoms with Crippen molar-refractivity contribution in [2.24, 2.45) is 0 Å². The van der Waals surface area contributed by atoms with Gasteiger partial charge in [-0.05, 0) is 29.0 Å². The number of benzene rings is 1. The molecule has 0 spiro atoms. The predicted molar refractivity (Wildman–Crippen MR) is 121 cm³/mol. The van der Waals surface area contributed by atoms with Gasteiger partial charge in [0.1, 0.15) is 0 Å². The molecule has 1 aromatic carbocycles. The normalized spacial score (nSPS) is 7.25. The Bertz CT molecular complexity index is 799. The number of rotatable bonds is 0. The molecule has 0 N–H and O–H groups in total. The molecule has 0 aliphatic carbocycles. The Morgan fingerprint density at radius 1 is 0.292 bits per heavy atom. The Balaban J connectivity index is 4.39. The second-order valence-electron chi connectivity index (χ2n) is 3.57. The first-order valence-electron chi connectivity index (χ1n) is 5.63. The lowest BCUT2D eigenvalue weighted by molar-refractivity contribution is 1.44.